The Balaban J connectivity index is 1.89. The molecule has 0 atom stereocenters. The van der Waals surface area contributed by atoms with E-state index in [0.29, 0.717) is 16.9 Å². The number of carbonyl (C=O) groups excluding carboxylic acids is 1. The van der Waals surface area contributed by atoms with Crippen LogP contribution in [0.15, 0.2) is 47.6 Å². The van der Waals surface area contributed by atoms with Crippen LogP contribution in [-0.4, -0.2) is 23.8 Å². The van der Waals surface area contributed by atoms with Gasteiger partial charge in [-0.1, -0.05) is 23.8 Å². The predicted octanol–water partition coefficient (Wildman–Crippen LogP) is 2.10. The first-order valence-corrected chi connectivity index (χ1v) is 6.83. The van der Waals surface area contributed by atoms with Crippen LogP contribution < -0.4 is 10.2 Å². The summed E-state index contributed by atoms with van der Waals surface area (Å²) in [5, 5.41) is 22.3. The van der Waals surface area contributed by atoms with Crippen LogP contribution in [0.2, 0.25) is 0 Å². The smallest absolute Gasteiger partial charge is 0.277 e. The molecule has 0 aliphatic carbocycles. The first kappa shape index (κ1) is 16.0. The van der Waals surface area contributed by atoms with Crippen LogP contribution >= 0.6 is 0 Å². The Labute approximate surface area is 133 Å². The van der Waals surface area contributed by atoms with Crippen molar-refractivity contribution in [3.63, 3.8) is 0 Å². The van der Waals surface area contributed by atoms with Gasteiger partial charge in [-0.05, 0) is 31.2 Å². The molecule has 0 fully saturated rings. The molecule has 0 unspecified atom stereocenters. The zero-order chi connectivity index (χ0) is 16.7. The quantitative estimate of drug-likeness (QED) is 0.653. The second-order valence-corrected chi connectivity index (χ2v) is 4.75. The Morgan fingerprint density at radius 3 is 2.96 bits per heavy atom. The molecule has 6 heteroatoms. The molecule has 0 aliphatic heterocycles. The lowest BCUT2D eigenvalue weighted by Crippen LogP contribution is -2.24. The van der Waals surface area contributed by atoms with Crippen LogP contribution in [-0.2, 0) is 4.79 Å². The number of nitriles is 1. The van der Waals surface area contributed by atoms with Crippen LogP contribution in [0.4, 0.5) is 0 Å². The fourth-order valence-corrected chi connectivity index (χ4v) is 1.81. The van der Waals surface area contributed by atoms with Gasteiger partial charge in [0.15, 0.2) is 6.61 Å². The molecular formula is C17H15N3O3. The number of para-hydroxylation sites is 1. The van der Waals surface area contributed by atoms with Crippen LogP contribution in [0.25, 0.3) is 0 Å². The first-order chi connectivity index (χ1) is 11.1. The number of benzene rings is 2. The van der Waals surface area contributed by atoms with Gasteiger partial charge in [-0.2, -0.15) is 10.4 Å². The molecule has 2 aromatic rings. The second kappa shape index (κ2) is 7.61. The normalized spacial score (nSPS) is 10.3. The van der Waals surface area contributed by atoms with Crippen molar-refractivity contribution >= 4 is 12.1 Å². The fraction of sp³-hybridized carbons (Fsp3) is 0.118. The summed E-state index contributed by atoms with van der Waals surface area (Å²) in [4.78, 5) is 11.7. The number of hydrogen-bond acceptors (Lipinski definition) is 5. The van der Waals surface area contributed by atoms with E-state index in [0.717, 1.165) is 5.56 Å². The van der Waals surface area contributed by atoms with Crippen molar-refractivity contribution in [2.24, 2.45) is 5.10 Å². The van der Waals surface area contributed by atoms with Crippen molar-refractivity contribution in [1.29, 1.82) is 5.26 Å². The number of ether oxygens (including phenoxy) is 1. The summed E-state index contributed by atoms with van der Waals surface area (Å²) in [6.07, 6.45) is 1.35. The van der Waals surface area contributed by atoms with Gasteiger partial charge < -0.3 is 9.84 Å². The van der Waals surface area contributed by atoms with E-state index in [9.17, 15) is 9.90 Å². The van der Waals surface area contributed by atoms with Gasteiger partial charge in [0.25, 0.3) is 5.91 Å². The number of aromatic hydroxyl groups is 1. The van der Waals surface area contributed by atoms with Gasteiger partial charge in [0.2, 0.25) is 0 Å². The largest absolute Gasteiger partial charge is 0.507 e. The van der Waals surface area contributed by atoms with E-state index in [1.165, 1.54) is 6.21 Å². The molecule has 0 aliphatic rings. The summed E-state index contributed by atoms with van der Waals surface area (Å²) in [5.74, 6) is -0.0561. The average molecular weight is 309 g/mol. The Morgan fingerprint density at radius 2 is 2.17 bits per heavy atom. The Morgan fingerprint density at radius 1 is 1.39 bits per heavy atom. The van der Waals surface area contributed by atoms with Crippen LogP contribution in [0.3, 0.4) is 0 Å². The fourth-order valence-electron chi connectivity index (χ4n) is 1.81. The number of phenols is 1. The number of nitrogens with zero attached hydrogens (tertiary/aromatic N) is 2. The van der Waals surface area contributed by atoms with Gasteiger partial charge in [-0.3, -0.25) is 4.79 Å². The SMILES string of the molecule is Cc1ccc(O)c(/C=N\NC(=O)COc2ccccc2C#N)c1. The van der Waals surface area contributed by atoms with Gasteiger partial charge in [-0.15, -0.1) is 0 Å². The van der Waals surface area contributed by atoms with Crippen LogP contribution in [0.1, 0.15) is 16.7 Å². The monoisotopic (exact) mass is 309 g/mol. The number of nitrogens with one attached hydrogen (secondary N) is 1. The van der Waals surface area contributed by atoms with Crippen LogP contribution in [0.5, 0.6) is 11.5 Å². The lowest BCUT2D eigenvalue weighted by atomic mass is 10.1. The molecule has 6 nitrogen and oxygen atoms in total. The average Bonchev–Trinajstić information content (AvgIpc) is 2.56. The second-order valence-electron chi connectivity index (χ2n) is 4.75. The summed E-state index contributed by atoms with van der Waals surface area (Å²) in [5.41, 5.74) is 4.12. The highest BCUT2D eigenvalue weighted by Crippen LogP contribution is 2.16. The minimum absolute atomic E-state index is 0.0767. The molecule has 116 valence electrons. The Bertz CT molecular complexity index is 779. The molecule has 0 saturated heterocycles. The number of hydrazone groups is 1. The van der Waals surface area contributed by atoms with Crippen molar-refractivity contribution in [3.8, 4) is 17.6 Å². The number of rotatable bonds is 5. The van der Waals surface area contributed by atoms with E-state index >= 15 is 0 Å². The van der Waals surface area contributed by atoms with E-state index in [-0.39, 0.29) is 12.4 Å². The van der Waals surface area contributed by atoms with Gasteiger partial charge >= 0.3 is 0 Å². The number of hydrogen-bond donors (Lipinski definition) is 2. The third kappa shape index (κ3) is 4.58. The maximum absolute atomic E-state index is 11.7. The molecule has 0 bridgehead atoms. The van der Waals surface area contributed by atoms with E-state index in [1.807, 2.05) is 13.0 Å². The molecule has 2 aromatic carbocycles. The summed E-state index contributed by atoms with van der Waals surface area (Å²) >= 11 is 0. The molecule has 0 aromatic heterocycles. The van der Waals surface area contributed by atoms with E-state index in [4.69, 9.17) is 10.00 Å². The van der Waals surface area contributed by atoms with E-state index in [2.05, 4.69) is 10.5 Å². The van der Waals surface area contributed by atoms with E-state index < -0.39 is 5.91 Å². The highest BCUT2D eigenvalue weighted by atomic mass is 16.5. The summed E-state index contributed by atoms with van der Waals surface area (Å²) < 4.78 is 5.28. The lowest BCUT2D eigenvalue weighted by molar-refractivity contribution is -0.123. The highest BCUT2D eigenvalue weighted by Gasteiger charge is 2.05. The van der Waals surface area contributed by atoms with Crippen molar-refractivity contribution in [1.82, 2.24) is 5.43 Å². The Hall–Kier alpha value is -3.33. The van der Waals surface area contributed by atoms with Gasteiger partial charge in [0, 0.05) is 5.56 Å². The van der Waals surface area contributed by atoms with Gasteiger partial charge in [0.1, 0.15) is 17.6 Å². The highest BCUT2D eigenvalue weighted by molar-refractivity contribution is 5.85. The minimum atomic E-state index is -0.471. The zero-order valence-corrected chi connectivity index (χ0v) is 12.5. The molecule has 0 saturated carbocycles. The summed E-state index contributed by atoms with van der Waals surface area (Å²) in [6.45, 7) is 1.62. The standard InChI is InChI=1S/C17H15N3O3/c1-12-6-7-15(21)14(8-12)10-19-20-17(22)11-23-16-5-3-2-4-13(16)9-18/h2-8,10,21H,11H2,1H3,(H,20,22)/b19-10-. The number of amides is 1. The Kier molecular flexibility index (Phi) is 5.31. The third-order valence-corrected chi connectivity index (χ3v) is 2.94. The van der Waals surface area contributed by atoms with Crippen molar-refractivity contribution in [3.05, 3.63) is 59.2 Å². The number of phenolic OH excluding ortho intramolecular Hbond substituents is 1. The number of aryl methyl sites for hydroxylation is 1. The molecule has 0 radical (unpaired) electrons. The molecule has 2 N–H and O–H groups in total. The lowest BCUT2D eigenvalue weighted by Gasteiger charge is -2.06. The molecule has 0 spiro atoms. The zero-order valence-electron chi connectivity index (χ0n) is 12.5. The maximum atomic E-state index is 11.7. The molecule has 23 heavy (non-hydrogen) atoms. The predicted molar refractivity (Wildman–Crippen MR) is 85.2 cm³/mol. The maximum Gasteiger partial charge on any atom is 0.277 e. The van der Waals surface area contributed by atoms with Crippen molar-refractivity contribution < 1.29 is 14.6 Å². The molecule has 1 amide bonds. The van der Waals surface area contributed by atoms with Gasteiger partial charge in [0.05, 0.1) is 11.8 Å². The summed E-state index contributed by atoms with van der Waals surface area (Å²) in [7, 11) is 0. The topological polar surface area (TPSA) is 94.7 Å². The van der Waals surface area contributed by atoms with Gasteiger partial charge in [-0.25, -0.2) is 5.43 Å². The summed E-state index contributed by atoms with van der Waals surface area (Å²) in [6, 6.07) is 13.7. The molecule has 0 heterocycles. The van der Waals surface area contributed by atoms with Crippen LogP contribution in [0, 0.1) is 18.3 Å². The van der Waals surface area contributed by atoms with Crippen molar-refractivity contribution in [2.75, 3.05) is 6.61 Å². The van der Waals surface area contributed by atoms with E-state index in [1.54, 1.807) is 42.5 Å². The third-order valence-electron chi connectivity index (χ3n) is 2.94. The first-order valence-electron chi connectivity index (χ1n) is 6.83. The number of carbonyl (C=O) groups is 1. The minimum Gasteiger partial charge on any atom is -0.507 e. The molecular weight excluding hydrogens is 294 g/mol. The molecule has 2 rings (SSSR count). The van der Waals surface area contributed by atoms with Crippen molar-refractivity contribution in [2.45, 2.75) is 6.92 Å².